The number of phenols is 1. The number of nitrogens with zero attached hydrogens (tertiary/aromatic N) is 1. The second-order valence-corrected chi connectivity index (χ2v) is 8.53. The number of hydrogen-bond donors (Lipinski definition) is 2. The molecule has 0 amide bonds. The van der Waals surface area contributed by atoms with Crippen LogP contribution in [-0.2, 0) is 6.61 Å². The molecule has 3 aromatic rings. The minimum absolute atomic E-state index is 0.00478. The first-order valence-electron chi connectivity index (χ1n) is 10.5. The lowest BCUT2D eigenvalue weighted by atomic mass is 9.83. The van der Waals surface area contributed by atoms with Crippen molar-refractivity contribution in [3.63, 3.8) is 0 Å². The Bertz CT molecular complexity index is 1260. The Morgan fingerprint density at radius 2 is 1.79 bits per heavy atom. The van der Waals surface area contributed by atoms with Crippen molar-refractivity contribution in [1.29, 1.82) is 5.26 Å². The van der Waals surface area contributed by atoms with Gasteiger partial charge >= 0.3 is 0 Å². The van der Waals surface area contributed by atoms with Gasteiger partial charge < -0.3 is 25.1 Å². The number of rotatable bonds is 6. The molecule has 3 aromatic carbocycles. The predicted octanol–water partition coefficient (Wildman–Crippen LogP) is 5.66. The molecule has 0 unspecified atom stereocenters. The zero-order valence-electron chi connectivity index (χ0n) is 18.3. The average molecular weight is 507 g/mol. The SMILES string of the molecule is CCOc1cc([C@@H]2C(C#N)=C(N)Oc3cc(O)ccc32)c(Br)cc1OCc1ccc(C)cc1. The van der Waals surface area contributed by atoms with Crippen molar-refractivity contribution in [2.24, 2.45) is 5.73 Å². The van der Waals surface area contributed by atoms with Crippen molar-refractivity contribution < 1.29 is 19.3 Å². The molecular weight excluding hydrogens is 484 g/mol. The number of fused-ring (bicyclic) bond motifs is 1. The lowest BCUT2D eigenvalue weighted by Crippen LogP contribution is -2.21. The molecule has 1 atom stereocenters. The van der Waals surface area contributed by atoms with Crippen LogP contribution in [0.15, 0.2) is 70.5 Å². The third kappa shape index (κ3) is 4.62. The number of allylic oxidation sites excluding steroid dienone is 1. The number of nitriles is 1. The summed E-state index contributed by atoms with van der Waals surface area (Å²) >= 11 is 3.65. The molecule has 7 heteroatoms. The molecular formula is C26H23BrN2O4. The number of aromatic hydroxyl groups is 1. The van der Waals surface area contributed by atoms with Crippen molar-refractivity contribution in [3.8, 4) is 29.1 Å². The topological polar surface area (TPSA) is 97.7 Å². The molecule has 33 heavy (non-hydrogen) atoms. The van der Waals surface area contributed by atoms with Gasteiger partial charge in [0, 0.05) is 16.1 Å². The maximum absolute atomic E-state index is 9.88. The number of ether oxygens (including phenoxy) is 3. The van der Waals surface area contributed by atoms with E-state index in [0.717, 1.165) is 21.2 Å². The van der Waals surface area contributed by atoms with Crippen molar-refractivity contribution >= 4 is 15.9 Å². The number of hydrogen-bond acceptors (Lipinski definition) is 6. The van der Waals surface area contributed by atoms with Crippen LogP contribution < -0.4 is 19.9 Å². The summed E-state index contributed by atoms with van der Waals surface area (Å²) in [5.74, 6) is 1.10. The van der Waals surface area contributed by atoms with Crippen LogP contribution in [-0.4, -0.2) is 11.7 Å². The van der Waals surface area contributed by atoms with E-state index in [1.165, 1.54) is 11.6 Å². The van der Waals surface area contributed by atoms with Crippen LogP contribution in [0.2, 0.25) is 0 Å². The predicted molar refractivity (Wildman–Crippen MR) is 128 cm³/mol. The highest BCUT2D eigenvalue weighted by Gasteiger charge is 2.33. The number of halogens is 1. The smallest absolute Gasteiger partial charge is 0.205 e. The van der Waals surface area contributed by atoms with E-state index in [2.05, 4.69) is 22.0 Å². The third-order valence-corrected chi connectivity index (χ3v) is 6.08. The highest BCUT2D eigenvalue weighted by atomic mass is 79.9. The summed E-state index contributed by atoms with van der Waals surface area (Å²) < 4.78 is 18.3. The molecule has 0 fully saturated rings. The van der Waals surface area contributed by atoms with Gasteiger partial charge in [-0.3, -0.25) is 0 Å². The summed E-state index contributed by atoms with van der Waals surface area (Å²) in [6.45, 7) is 4.78. The van der Waals surface area contributed by atoms with E-state index in [4.69, 9.17) is 19.9 Å². The van der Waals surface area contributed by atoms with Crippen molar-refractivity contribution in [3.05, 3.63) is 92.8 Å². The lowest BCUT2D eigenvalue weighted by molar-refractivity contribution is 0.269. The molecule has 0 aliphatic carbocycles. The summed E-state index contributed by atoms with van der Waals surface area (Å²) in [5, 5.41) is 19.7. The minimum atomic E-state index is -0.501. The molecule has 1 aliphatic rings. The van der Waals surface area contributed by atoms with Crippen LogP contribution in [0.3, 0.4) is 0 Å². The Labute approximate surface area is 201 Å². The highest BCUT2D eigenvalue weighted by molar-refractivity contribution is 9.10. The Morgan fingerprint density at radius 1 is 1.06 bits per heavy atom. The lowest BCUT2D eigenvalue weighted by Gasteiger charge is -2.28. The van der Waals surface area contributed by atoms with E-state index < -0.39 is 5.92 Å². The van der Waals surface area contributed by atoms with Crippen LogP contribution in [0.25, 0.3) is 0 Å². The molecule has 4 rings (SSSR count). The van der Waals surface area contributed by atoms with E-state index >= 15 is 0 Å². The van der Waals surface area contributed by atoms with Crippen molar-refractivity contribution in [2.45, 2.75) is 26.4 Å². The Kier molecular flexibility index (Phi) is 6.47. The van der Waals surface area contributed by atoms with E-state index in [9.17, 15) is 10.4 Å². The standard InChI is InChI=1S/C26H23BrN2O4/c1-3-31-23-11-19(21(27)12-24(23)32-14-16-6-4-15(2)5-7-16)25-18-9-8-17(30)10-22(18)33-26(29)20(25)13-28/h4-12,25,30H,3,14,29H2,1-2H3/t25-/m1/s1. The summed E-state index contributed by atoms with van der Waals surface area (Å²) in [5.41, 5.74) is 10.1. The van der Waals surface area contributed by atoms with Gasteiger partial charge in [-0.25, -0.2) is 0 Å². The molecule has 1 aliphatic heterocycles. The monoisotopic (exact) mass is 506 g/mol. The zero-order chi connectivity index (χ0) is 23.5. The van der Waals surface area contributed by atoms with Gasteiger partial charge in [-0.15, -0.1) is 0 Å². The number of phenolic OH excluding ortho intramolecular Hbond substituents is 1. The van der Waals surface area contributed by atoms with E-state index in [1.807, 2.05) is 50.2 Å². The van der Waals surface area contributed by atoms with Gasteiger partial charge in [0.25, 0.3) is 0 Å². The minimum Gasteiger partial charge on any atom is -0.508 e. The normalized spacial score (nSPS) is 14.8. The van der Waals surface area contributed by atoms with Crippen LogP contribution in [0.5, 0.6) is 23.0 Å². The van der Waals surface area contributed by atoms with Gasteiger partial charge in [0.05, 0.1) is 12.5 Å². The van der Waals surface area contributed by atoms with Gasteiger partial charge in [0.2, 0.25) is 5.88 Å². The maximum Gasteiger partial charge on any atom is 0.205 e. The fourth-order valence-electron chi connectivity index (χ4n) is 3.76. The molecule has 6 nitrogen and oxygen atoms in total. The molecule has 0 saturated heterocycles. The first kappa shape index (κ1) is 22.6. The summed E-state index contributed by atoms with van der Waals surface area (Å²) in [4.78, 5) is 0. The second kappa shape index (κ2) is 9.47. The number of nitrogens with two attached hydrogens (primary N) is 1. The van der Waals surface area contributed by atoms with Crippen LogP contribution in [0, 0.1) is 18.3 Å². The van der Waals surface area contributed by atoms with Gasteiger partial charge in [-0.05, 0) is 43.2 Å². The van der Waals surface area contributed by atoms with Gasteiger partial charge in [0.15, 0.2) is 11.5 Å². The largest absolute Gasteiger partial charge is 0.508 e. The quantitative estimate of drug-likeness (QED) is 0.447. The van der Waals surface area contributed by atoms with Crippen molar-refractivity contribution in [1.82, 2.24) is 0 Å². The van der Waals surface area contributed by atoms with Crippen LogP contribution in [0.1, 0.15) is 35.1 Å². The van der Waals surface area contributed by atoms with Crippen molar-refractivity contribution in [2.75, 3.05) is 6.61 Å². The van der Waals surface area contributed by atoms with E-state index in [-0.39, 0.29) is 17.2 Å². The van der Waals surface area contributed by atoms with Gasteiger partial charge in [0.1, 0.15) is 29.7 Å². The molecule has 1 heterocycles. The third-order valence-electron chi connectivity index (χ3n) is 5.39. The van der Waals surface area contributed by atoms with Crippen LogP contribution in [0.4, 0.5) is 0 Å². The van der Waals surface area contributed by atoms with Gasteiger partial charge in [-0.2, -0.15) is 5.26 Å². The number of benzene rings is 3. The molecule has 168 valence electrons. The van der Waals surface area contributed by atoms with E-state index in [1.54, 1.807) is 12.1 Å². The van der Waals surface area contributed by atoms with E-state index in [0.29, 0.717) is 30.5 Å². The molecule has 0 saturated carbocycles. The second-order valence-electron chi connectivity index (χ2n) is 7.67. The first-order chi connectivity index (χ1) is 15.9. The average Bonchev–Trinajstić information content (AvgIpc) is 2.79. The fraction of sp³-hybridized carbons (Fsp3) is 0.192. The molecule has 0 aromatic heterocycles. The summed E-state index contributed by atoms with van der Waals surface area (Å²) in [6.07, 6.45) is 0. The Morgan fingerprint density at radius 3 is 2.48 bits per heavy atom. The highest BCUT2D eigenvalue weighted by Crippen LogP contribution is 2.47. The van der Waals surface area contributed by atoms with Gasteiger partial charge in [-0.1, -0.05) is 51.8 Å². The molecule has 0 bridgehead atoms. The molecule has 3 N–H and O–H groups in total. The fourth-order valence-corrected chi connectivity index (χ4v) is 4.31. The molecule has 0 spiro atoms. The molecule has 0 radical (unpaired) electrons. The first-order valence-corrected chi connectivity index (χ1v) is 11.3. The maximum atomic E-state index is 9.88. The summed E-state index contributed by atoms with van der Waals surface area (Å²) in [6, 6.07) is 18.8. The van der Waals surface area contributed by atoms with Crippen LogP contribution >= 0.6 is 15.9 Å². The number of aryl methyl sites for hydroxylation is 1. The Balaban J connectivity index is 1.76. The zero-order valence-corrected chi connectivity index (χ0v) is 19.8. The summed E-state index contributed by atoms with van der Waals surface area (Å²) in [7, 11) is 0. The Hall–Kier alpha value is -3.63.